The monoisotopic (exact) mass is 417 g/mol. The van der Waals surface area contributed by atoms with Crippen LogP contribution in [0.5, 0.6) is 17.2 Å². The predicted molar refractivity (Wildman–Crippen MR) is 104 cm³/mol. The van der Waals surface area contributed by atoms with Crippen LogP contribution in [0.3, 0.4) is 0 Å². The number of phenolic OH excluding ortho intramolecular Hbond substituents is 1. The summed E-state index contributed by atoms with van der Waals surface area (Å²) in [6.45, 7) is 0.498. The van der Waals surface area contributed by atoms with Crippen LogP contribution in [0.2, 0.25) is 0 Å². The molecule has 9 heteroatoms. The molecule has 30 heavy (non-hydrogen) atoms. The highest BCUT2D eigenvalue weighted by atomic mass is 17.1. The number of carbonyl (C=O) groups is 2. The van der Waals surface area contributed by atoms with Crippen molar-refractivity contribution in [3.05, 3.63) is 53.6 Å². The summed E-state index contributed by atoms with van der Waals surface area (Å²) in [5.41, 5.74) is 1.10. The number of hydrogen-bond donors (Lipinski definition) is 4. The summed E-state index contributed by atoms with van der Waals surface area (Å²) < 4.78 is 0. The van der Waals surface area contributed by atoms with E-state index < -0.39 is 11.9 Å². The highest BCUT2D eigenvalue weighted by Gasteiger charge is 2.33. The van der Waals surface area contributed by atoms with Gasteiger partial charge in [0.1, 0.15) is 5.75 Å². The van der Waals surface area contributed by atoms with E-state index in [0.717, 1.165) is 6.42 Å². The molecule has 0 aliphatic carbocycles. The van der Waals surface area contributed by atoms with Crippen LogP contribution in [-0.2, 0) is 9.59 Å². The van der Waals surface area contributed by atoms with E-state index in [1.54, 1.807) is 29.2 Å². The highest BCUT2D eigenvalue weighted by Crippen LogP contribution is 2.39. The summed E-state index contributed by atoms with van der Waals surface area (Å²) in [7, 11) is 0. The van der Waals surface area contributed by atoms with Crippen molar-refractivity contribution in [1.82, 2.24) is 4.90 Å². The fourth-order valence-electron chi connectivity index (χ4n) is 3.95. The van der Waals surface area contributed by atoms with Crippen LogP contribution in [0.25, 0.3) is 0 Å². The number of amides is 1. The fourth-order valence-corrected chi connectivity index (χ4v) is 3.95. The smallest absolute Gasteiger partial charge is 0.303 e. The van der Waals surface area contributed by atoms with Crippen molar-refractivity contribution in [3.8, 4) is 17.2 Å². The third kappa shape index (κ3) is 4.64. The van der Waals surface area contributed by atoms with E-state index in [2.05, 4.69) is 9.78 Å². The van der Waals surface area contributed by atoms with Crippen molar-refractivity contribution in [2.24, 2.45) is 0 Å². The molecule has 0 spiro atoms. The van der Waals surface area contributed by atoms with Crippen LogP contribution in [0.1, 0.15) is 48.8 Å². The molecule has 1 fully saturated rings. The van der Waals surface area contributed by atoms with Gasteiger partial charge in [0.05, 0.1) is 12.5 Å². The standard InChI is InChI=1S/C21H23NO8/c23-17-6-2-1-4-15(17)14(12-21(25)26)11-20(24)22-9-3-5-16(22)13-7-8-18(29-27)19(10-13)30-28/h1-2,4,6-8,10,14,16,23,27-28H,3,5,9,11-12H2,(H,25,26). The van der Waals surface area contributed by atoms with Gasteiger partial charge in [0.25, 0.3) is 0 Å². The van der Waals surface area contributed by atoms with Gasteiger partial charge >= 0.3 is 5.97 Å². The van der Waals surface area contributed by atoms with Crippen LogP contribution in [0, 0.1) is 0 Å². The Balaban J connectivity index is 1.82. The molecule has 3 rings (SSSR count). The third-order valence-corrected chi connectivity index (χ3v) is 5.34. The Morgan fingerprint density at radius 1 is 1.07 bits per heavy atom. The maximum Gasteiger partial charge on any atom is 0.303 e. The Morgan fingerprint density at radius 3 is 2.47 bits per heavy atom. The summed E-state index contributed by atoms with van der Waals surface area (Å²) in [5, 5.41) is 37.2. The van der Waals surface area contributed by atoms with Crippen molar-refractivity contribution in [2.45, 2.75) is 37.6 Å². The van der Waals surface area contributed by atoms with Crippen LogP contribution in [-0.4, -0.2) is 44.0 Å². The highest BCUT2D eigenvalue weighted by molar-refractivity contribution is 5.79. The Labute approximate surface area is 172 Å². The van der Waals surface area contributed by atoms with Gasteiger partial charge in [-0.3, -0.25) is 9.59 Å². The molecule has 1 heterocycles. The van der Waals surface area contributed by atoms with Crippen LogP contribution in [0.4, 0.5) is 0 Å². The molecule has 2 aromatic carbocycles. The lowest BCUT2D eigenvalue weighted by Gasteiger charge is -2.27. The maximum absolute atomic E-state index is 13.1. The number of benzene rings is 2. The second-order valence-corrected chi connectivity index (χ2v) is 7.19. The van der Waals surface area contributed by atoms with Gasteiger partial charge < -0.3 is 24.9 Å². The second-order valence-electron chi connectivity index (χ2n) is 7.19. The third-order valence-electron chi connectivity index (χ3n) is 5.34. The molecular formula is C21H23NO8. The number of aromatic hydroxyl groups is 1. The molecule has 2 aromatic rings. The molecule has 0 bridgehead atoms. The Hall–Kier alpha value is -3.30. The molecule has 4 N–H and O–H groups in total. The summed E-state index contributed by atoms with van der Waals surface area (Å²) >= 11 is 0. The summed E-state index contributed by atoms with van der Waals surface area (Å²) in [5.74, 6) is -2.16. The van der Waals surface area contributed by atoms with Gasteiger partial charge in [0.2, 0.25) is 17.4 Å². The Bertz CT molecular complexity index is 916. The number of carboxylic acids is 1. The average Bonchev–Trinajstić information content (AvgIpc) is 3.23. The van der Waals surface area contributed by atoms with Crippen molar-refractivity contribution in [2.75, 3.05) is 6.54 Å². The molecule has 160 valence electrons. The normalized spacial score (nSPS) is 16.9. The van der Waals surface area contributed by atoms with Crippen molar-refractivity contribution >= 4 is 11.9 Å². The van der Waals surface area contributed by atoms with E-state index in [1.165, 1.54) is 18.2 Å². The molecule has 2 unspecified atom stereocenters. The SMILES string of the molecule is O=C(O)CC(CC(=O)N1CCCC1c1ccc(OO)c(OO)c1)c1ccccc1O. The zero-order chi connectivity index (χ0) is 21.7. The first kappa shape index (κ1) is 21.4. The average molecular weight is 417 g/mol. The molecule has 0 aromatic heterocycles. The first-order valence-corrected chi connectivity index (χ1v) is 9.50. The molecule has 9 nitrogen and oxygen atoms in total. The van der Waals surface area contributed by atoms with E-state index in [0.29, 0.717) is 24.1 Å². The molecule has 0 radical (unpaired) electrons. The van der Waals surface area contributed by atoms with Crippen LogP contribution in [0.15, 0.2) is 42.5 Å². The van der Waals surface area contributed by atoms with E-state index in [1.807, 2.05) is 0 Å². The Morgan fingerprint density at radius 2 is 1.80 bits per heavy atom. The Kier molecular flexibility index (Phi) is 6.76. The van der Waals surface area contributed by atoms with Gasteiger partial charge in [-0.15, -0.1) is 0 Å². The van der Waals surface area contributed by atoms with Crippen molar-refractivity contribution in [3.63, 3.8) is 0 Å². The molecule has 2 atom stereocenters. The predicted octanol–water partition coefficient (Wildman–Crippen LogP) is 3.41. The zero-order valence-electron chi connectivity index (χ0n) is 16.1. The number of aliphatic carboxylic acids is 1. The minimum absolute atomic E-state index is 0.0427. The van der Waals surface area contributed by atoms with Crippen molar-refractivity contribution < 1.29 is 40.1 Å². The lowest BCUT2D eigenvalue weighted by molar-refractivity contribution is -0.164. The lowest BCUT2D eigenvalue weighted by atomic mass is 9.91. The fraction of sp³-hybridized carbons (Fsp3) is 0.333. The van der Waals surface area contributed by atoms with Crippen LogP contribution < -0.4 is 9.78 Å². The van der Waals surface area contributed by atoms with E-state index in [9.17, 15) is 19.8 Å². The van der Waals surface area contributed by atoms with Crippen molar-refractivity contribution in [1.29, 1.82) is 0 Å². The number of carbonyl (C=O) groups excluding carboxylic acids is 1. The van der Waals surface area contributed by atoms with E-state index in [-0.39, 0.29) is 42.0 Å². The summed E-state index contributed by atoms with van der Waals surface area (Å²) in [6, 6.07) is 10.7. The molecule has 1 saturated heterocycles. The number of carboxylic acid groups (broad SMARTS) is 1. The van der Waals surface area contributed by atoms with Gasteiger partial charge in [-0.1, -0.05) is 24.3 Å². The molecular weight excluding hydrogens is 394 g/mol. The molecule has 1 aliphatic rings. The van der Waals surface area contributed by atoms with Gasteiger partial charge in [-0.05, 0) is 42.2 Å². The second kappa shape index (κ2) is 9.47. The van der Waals surface area contributed by atoms with Gasteiger partial charge in [0, 0.05) is 18.9 Å². The summed E-state index contributed by atoms with van der Waals surface area (Å²) in [4.78, 5) is 34.4. The lowest BCUT2D eigenvalue weighted by Crippen LogP contribution is -2.32. The zero-order valence-corrected chi connectivity index (χ0v) is 16.1. The first-order valence-electron chi connectivity index (χ1n) is 9.50. The number of nitrogens with zero attached hydrogens (tertiary/aromatic N) is 1. The van der Waals surface area contributed by atoms with Gasteiger partial charge in [-0.2, -0.15) is 0 Å². The first-order chi connectivity index (χ1) is 14.4. The summed E-state index contributed by atoms with van der Waals surface area (Å²) in [6.07, 6.45) is 1.08. The topological polar surface area (TPSA) is 137 Å². The van der Waals surface area contributed by atoms with Crippen LogP contribution >= 0.6 is 0 Å². The molecule has 1 amide bonds. The number of para-hydroxylation sites is 1. The number of phenols is 1. The van der Waals surface area contributed by atoms with Gasteiger partial charge in [-0.25, -0.2) is 10.5 Å². The maximum atomic E-state index is 13.1. The molecule has 0 saturated carbocycles. The van der Waals surface area contributed by atoms with Gasteiger partial charge in [0.15, 0.2) is 0 Å². The molecule has 1 aliphatic heterocycles. The number of hydrogen-bond acceptors (Lipinski definition) is 7. The van der Waals surface area contributed by atoms with E-state index in [4.69, 9.17) is 10.5 Å². The minimum atomic E-state index is -1.06. The minimum Gasteiger partial charge on any atom is -0.508 e. The van der Waals surface area contributed by atoms with E-state index >= 15 is 0 Å². The number of likely N-dealkylation sites (tertiary alicyclic amines) is 1. The number of rotatable bonds is 8. The quantitative estimate of drug-likeness (QED) is 0.379. The largest absolute Gasteiger partial charge is 0.508 e.